The van der Waals surface area contributed by atoms with Crippen molar-refractivity contribution in [2.45, 2.75) is 57.3 Å². The van der Waals surface area contributed by atoms with Crippen molar-refractivity contribution >= 4 is 43.6 Å². The highest BCUT2D eigenvalue weighted by molar-refractivity contribution is 7.20. The molecule has 3 aliphatic rings. The predicted molar refractivity (Wildman–Crippen MR) is 209 cm³/mol. The number of hydrogen-bond donors (Lipinski definition) is 0. The molecule has 6 aromatic carbocycles. The lowest BCUT2D eigenvalue weighted by Gasteiger charge is -2.36. The Morgan fingerprint density at radius 1 is 0.694 bits per heavy atom. The Balaban J connectivity index is 1.17. The molecule has 0 bridgehead atoms. The topological polar surface area (TPSA) is 12.4 Å². The van der Waals surface area contributed by atoms with Crippen LogP contribution in [-0.2, 0) is 11.8 Å². The minimum Gasteiger partial charge on any atom is -0.255 e. The van der Waals surface area contributed by atoms with Gasteiger partial charge in [-0.3, -0.25) is 4.99 Å². The largest absolute Gasteiger partial charge is 0.255 e. The standard InChI is InChI=1S/C47H39NS/c1-4-32-43(31-22-23-36-35-17-9-11-19-40(35)47(2,3)41(36)27-31)46-45(38-18-10-12-20-42(38)49-46)48-44(32)37-24-21-30-25-28-13-5-6-14-29(28)26-39(30)34-16-8-7-15-33(34)37/h5-20,22-23,25-27,32,37,43H,4,21,24H2,1-3H3. The highest BCUT2D eigenvalue weighted by Crippen LogP contribution is 2.56. The number of hydrogen-bond acceptors (Lipinski definition) is 2. The third-order valence-corrected chi connectivity index (χ3v) is 13.2. The maximum Gasteiger partial charge on any atom is 0.0853 e. The van der Waals surface area contributed by atoms with Gasteiger partial charge in [0.15, 0.2) is 0 Å². The van der Waals surface area contributed by atoms with Crippen molar-refractivity contribution in [2.24, 2.45) is 10.9 Å². The molecule has 1 nitrogen and oxygen atoms in total. The molecule has 0 N–H and O–H groups in total. The molecule has 2 heterocycles. The van der Waals surface area contributed by atoms with Gasteiger partial charge in [0.2, 0.25) is 0 Å². The summed E-state index contributed by atoms with van der Waals surface area (Å²) in [5, 5.41) is 3.94. The van der Waals surface area contributed by atoms with Gasteiger partial charge >= 0.3 is 0 Å². The molecule has 0 saturated carbocycles. The van der Waals surface area contributed by atoms with E-state index in [0.717, 1.165) is 19.3 Å². The van der Waals surface area contributed by atoms with Crippen molar-refractivity contribution in [2.75, 3.05) is 0 Å². The van der Waals surface area contributed by atoms with Crippen LogP contribution < -0.4 is 0 Å². The highest BCUT2D eigenvalue weighted by Gasteiger charge is 2.42. The number of rotatable bonds is 3. The van der Waals surface area contributed by atoms with Crippen molar-refractivity contribution in [3.63, 3.8) is 0 Å². The average molecular weight is 650 g/mol. The first-order valence-electron chi connectivity index (χ1n) is 18.0. The van der Waals surface area contributed by atoms with E-state index in [0.29, 0.717) is 5.92 Å². The fraction of sp³-hybridized carbons (Fsp3) is 0.213. The van der Waals surface area contributed by atoms with Gasteiger partial charge < -0.3 is 0 Å². The zero-order chi connectivity index (χ0) is 32.9. The maximum absolute atomic E-state index is 5.80. The summed E-state index contributed by atoms with van der Waals surface area (Å²) in [4.78, 5) is 7.24. The van der Waals surface area contributed by atoms with E-state index in [9.17, 15) is 0 Å². The molecule has 3 atom stereocenters. The quantitative estimate of drug-likeness (QED) is 0.181. The first-order chi connectivity index (χ1) is 24.0. The van der Waals surface area contributed by atoms with E-state index < -0.39 is 0 Å². The van der Waals surface area contributed by atoms with E-state index in [-0.39, 0.29) is 17.3 Å². The first-order valence-corrected chi connectivity index (χ1v) is 18.8. The van der Waals surface area contributed by atoms with Gasteiger partial charge in [0.1, 0.15) is 0 Å². The van der Waals surface area contributed by atoms with Gasteiger partial charge in [0, 0.05) is 43.8 Å². The van der Waals surface area contributed by atoms with E-state index in [1.807, 2.05) is 11.3 Å². The Labute approximate surface area is 293 Å². The van der Waals surface area contributed by atoms with Gasteiger partial charge in [-0.1, -0.05) is 136 Å². The summed E-state index contributed by atoms with van der Waals surface area (Å²) in [6.07, 6.45) is 3.16. The molecule has 1 aromatic heterocycles. The molecule has 7 aromatic rings. The number of aryl methyl sites for hydroxylation is 1. The van der Waals surface area contributed by atoms with Crippen LogP contribution in [0.5, 0.6) is 0 Å². The van der Waals surface area contributed by atoms with Crippen molar-refractivity contribution in [1.82, 2.24) is 0 Å². The number of thiophene rings is 1. The molecule has 0 spiro atoms. The fourth-order valence-electron chi connectivity index (χ4n) is 9.58. The second-order valence-electron chi connectivity index (χ2n) is 14.9. The van der Waals surface area contributed by atoms with E-state index in [1.54, 1.807) is 0 Å². The van der Waals surface area contributed by atoms with E-state index in [1.165, 1.54) is 87.2 Å². The van der Waals surface area contributed by atoms with Crippen molar-refractivity contribution in [3.8, 4) is 22.3 Å². The minimum absolute atomic E-state index is 0.0340. The van der Waals surface area contributed by atoms with Gasteiger partial charge in [-0.15, -0.1) is 11.3 Å². The zero-order valence-electron chi connectivity index (χ0n) is 28.3. The molecule has 0 fully saturated rings. The molecule has 0 radical (unpaired) electrons. The summed E-state index contributed by atoms with van der Waals surface area (Å²) in [7, 11) is 0. The van der Waals surface area contributed by atoms with E-state index >= 15 is 0 Å². The second kappa shape index (κ2) is 10.9. The molecule has 10 rings (SSSR count). The smallest absolute Gasteiger partial charge is 0.0853 e. The Morgan fingerprint density at radius 2 is 1.41 bits per heavy atom. The summed E-state index contributed by atoms with van der Waals surface area (Å²) in [6.45, 7) is 7.20. The van der Waals surface area contributed by atoms with Crippen LogP contribution in [0.1, 0.15) is 78.1 Å². The summed E-state index contributed by atoms with van der Waals surface area (Å²) < 4.78 is 1.34. The van der Waals surface area contributed by atoms with Crippen molar-refractivity contribution in [3.05, 3.63) is 160 Å². The second-order valence-corrected chi connectivity index (χ2v) is 15.9. The summed E-state index contributed by atoms with van der Waals surface area (Å²) in [5.41, 5.74) is 15.3. The Morgan fingerprint density at radius 3 is 2.27 bits per heavy atom. The van der Waals surface area contributed by atoms with Gasteiger partial charge in [0.25, 0.3) is 0 Å². The molecule has 1 aliphatic heterocycles. The molecule has 49 heavy (non-hydrogen) atoms. The number of nitrogens with zero attached hydrogens (tertiary/aromatic N) is 1. The van der Waals surface area contributed by atoms with Crippen LogP contribution in [0.4, 0.5) is 5.69 Å². The Bertz CT molecular complexity index is 2490. The maximum atomic E-state index is 5.80. The third kappa shape index (κ3) is 4.26. The minimum atomic E-state index is -0.0340. The molecule has 238 valence electrons. The molecule has 3 unspecified atom stereocenters. The molecule has 2 heteroatoms. The van der Waals surface area contributed by atoms with Crippen LogP contribution in [-0.4, -0.2) is 5.71 Å². The van der Waals surface area contributed by atoms with Gasteiger partial charge in [-0.2, -0.15) is 0 Å². The van der Waals surface area contributed by atoms with Gasteiger partial charge in [0.05, 0.1) is 5.69 Å². The number of aliphatic imine (C=N–C) groups is 1. The Hall–Kier alpha value is -4.79. The number of fused-ring (bicyclic) bond motifs is 10. The van der Waals surface area contributed by atoms with Crippen LogP contribution in [0, 0.1) is 5.92 Å². The lowest BCUT2D eigenvalue weighted by Crippen LogP contribution is -2.30. The molecular weight excluding hydrogens is 611 g/mol. The van der Waals surface area contributed by atoms with E-state index in [4.69, 9.17) is 4.99 Å². The van der Waals surface area contributed by atoms with Crippen LogP contribution >= 0.6 is 11.3 Å². The molecular formula is C47H39NS. The van der Waals surface area contributed by atoms with Crippen LogP contribution in [0.25, 0.3) is 43.1 Å². The lowest BCUT2D eigenvalue weighted by molar-refractivity contribution is 0.557. The van der Waals surface area contributed by atoms with Crippen LogP contribution in [0.15, 0.2) is 132 Å². The molecule has 0 amide bonds. The summed E-state index contributed by atoms with van der Waals surface area (Å²) >= 11 is 1.96. The average Bonchev–Trinajstić information content (AvgIpc) is 3.56. The number of benzene rings is 6. The third-order valence-electron chi connectivity index (χ3n) is 12.0. The zero-order valence-corrected chi connectivity index (χ0v) is 29.1. The predicted octanol–water partition coefficient (Wildman–Crippen LogP) is 13.0. The summed E-state index contributed by atoms with van der Waals surface area (Å²) in [5.74, 6) is 0.819. The normalized spacial score (nSPS) is 20.1. The first kappa shape index (κ1) is 29.2. The van der Waals surface area contributed by atoms with Crippen LogP contribution in [0.2, 0.25) is 0 Å². The van der Waals surface area contributed by atoms with Crippen molar-refractivity contribution < 1.29 is 0 Å². The summed E-state index contributed by atoms with van der Waals surface area (Å²) in [6, 6.07) is 48.3. The van der Waals surface area contributed by atoms with E-state index in [2.05, 4.69) is 148 Å². The monoisotopic (exact) mass is 649 g/mol. The lowest BCUT2D eigenvalue weighted by atomic mass is 9.71. The van der Waals surface area contributed by atoms with Gasteiger partial charge in [-0.25, -0.2) is 0 Å². The highest BCUT2D eigenvalue weighted by atomic mass is 32.1. The Kier molecular flexibility index (Phi) is 6.46. The fourth-order valence-corrected chi connectivity index (χ4v) is 10.9. The molecule has 0 saturated heterocycles. The van der Waals surface area contributed by atoms with Crippen molar-refractivity contribution in [1.29, 1.82) is 0 Å². The SMILES string of the molecule is CCC1C(C2CCc3cc4ccccc4cc3-c3ccccc32)=Nc2c(sc3ccccc23)C1c1ccc2c(c1)C(C)(C)c1ccccc1-2. The van der Waals surface area contributed by atoms with Crippen LogP contribution in [0.3, 0.4) is 0 Å². The van der Waals surface area contributed by atoms with Gasteiger partial charge in [-0.05, 0) is 92.2 Å². The molecule has 2 aliphatic carbocycles.